The summed E-state index contributed by atoms with van der Waals surface area (Å²) < 4.78 is 22.8. The van der Waals surface area contributed by atoms with Gasteiger partial charge in [0.1, 0.15) is 0 Å². The molecule has 0 bridgehead atoms. The van der Waals surface area contributed by atoms with Crippen molar-refractivity contribution in [3.63, 3.8) is 0 Å². The molecule has 1 aromatic rings. The van der Waals surface area contributed by atoms with E-state index >= 15 is 0 Å². The lowest BCUT2D eigenvalue weighted by molar-refractivity contribution is 0.0693. The van der Waals surface area contributed by atoms with E-state index in [-0.39, 0.29) is 27.4 Å². The lowest BCUT2D eigenvalue weighted by Gasteiger charge is -2.28. The van der Waals surface area contributed by atoms with Gasteiger partial charge in [-0.2, -0.15) is 0 Å². The number of benzene rings is 1. The largest absolute Gasteiger partial charge is 0.336 e. The first-order valence-corrected chi connectivity index (χ1v) is 9.58. The van der Waals surface area contributed by atoms with Crippen LogP contribution in [0, 0.1) is 0 Å². The van der Waals surface area contributed by atoms with Crippen molar-refractivity contribution in [2.75, 3.05) is 6.54 Å². The Morgan fingerprint density at radius 1 is 1.33 bits per heavy atom. The Kier molecular flexibility index (Phi) is 5.17. The predicted octanol–water partition coefficient (Wildman–Crippen LogP) is 3.67. The second-order valence-electron chi connectivity index (χ2n) is 5.11. The van der Waals surface area contributed by atoms with Gasteiger partial charge in [-0.05, 0) is 38.0 Å². The van der Waals surface area contributed by atoms with Gasteiger partial charge in [-0.1, -0.05) is 24.4 Å². The van der Waals surface area contributed by atoms with Crippen LogP contribution in [0.5, 0.6) is 0 Å². The zero-order chi connectivity index (χ0) is 15.6. The van der Waals surface area contributed by atoms with Crippen molar-refractivity contribution in [3.05, 3.63) is 28.8 Å². The maximum absolute atomic E-state index is 12.7. The van der Waals surface area contributed by atoms with E-state index in [0.717, 1.165) is 25.7 Å². The fourth-order valence-electron chi connectivity index (χ4n) is 2.76. The minimum absolute atomic E-state index is 0.112. The molecular weight excluding hydrogens is 333 g/mol. The molecule has 2 rings (SSSR count). The molecule has 21 heavy (non-hydrogen) atoms. The summed E-state index contributed by atoms with van der Waals surface area (Å²) in [6.07, 6.45) is 4.17. The normalized spacial score (nSPS) is 16.1. The molecule has 0 N–H and O–H groups in total. The summed E-state index contributed by atoms with van der Waals surface area (Å²) in [5.74, 6) is -0.239. The molecule has 0 aliphatic heterocycles. The fraction of sp³-hybridized carbons (Fsp3) is 0.500. The second-order valence-corrected chi connectivity index (χ2v) is 8.08. The van der Waals surface area contributed by atoms with Crippen LogP contribution in [-0.2, 0) is 9.05 Å². The van der Waals surface area contributed by atoms with Crippen LogP contribution < -0.4 is 0 Å². The van der Waals surface area contributed by atoms with Crippen molar-refractivity contribution in [2.24, 2.45) is 0 Å². The van der Waals surface area contributed by atoms with E-state index in [0.29, 0.717) is 6.54 Å². The zero-order valence-corrected chi connectivity index (χ0v) is 14.0. The number of amides is 1. The van der Waals surface area contributed by atoms with Crippen molar-refractivity contribution in [1.82, 2.24) is 4.90 Å². The molecule has 0 atom stereocenters. The molecular formula is C14H17Cl2NO3S. The number of carbonyl (C=O) groups excluding carboxylic acids is 1. The third kappa shape index (κ3) is 3.71. The Morgan fingerprint density at radius 2 is 1.95 bits per heavy atom. The average molecular weight is 350 g/mol. The van der Waals surface area contributed by atoms with Gasteiger partial charge in [0.05, 0.1) is 15.5 Å². The van der Waals surface area contributed by atoms with Gasteiger partial charge in [0.25, 0.3) is 15.0 Å². The molecule has 0 heterocycles. The monoisotopic (exact) mass is 349 g/mol. The Bertz CT molecular complexity index is 640. The molecule has 1 saturated carbocycles. The van der Waals surface area contributed by atoms with Crippen molar-refractivity contribution in [3.8, 4) is 0 Å². The van der Waals surface area contributed by atoms with Crippen molar-refractivity contribution >= 4 is 37.2 Å². The molecule has 1 aliphatic carbocycles. The predicted molar refractivity (Wildman–Crippen MR) is 83.5 cm³/mol. The molecule has 4 nitrogen and oxygen atoms in total. The lowest BCUT2D eigenvalue weighted by Crippen LogP contribution is -2.38. The van der Waals surface area contributed by atoms with Gasteiger partial charge in [-0.3, -0.25) is 4.79 Å². The highest BCUT2D eigenvalue weighted by Crippen LogP contribution is 2.28. The van der Waals surface area contributed by atoms with Crippen LogP contribution in [0.1, 0.15) is 43.0 Å². The van der Waals surface area contributed by atoms with E-state index in [1.54, 1.807) is 4.90 Å². The number of carbonyl (C=O) groups is 1. The van der Waals surface area contributed by atoms with Crippen LogP contribution in [-0.4, -0.2) is 31.8 Å². The highest BCUT2D eigenvalue weighted by molar-refractivity contribution is 8.13. The summed E-state index contributed by atoms with van der Waals surface area (Å²) >= 11 is 6.06. The number of halogens is 2. The summed E-state index contributed by atoms with van der Waals surface area (Å²) in [7, 11) is 1.45. The van der Waals surface area contributed by atoms with Gasteiger partial charge in [-0.25, -0.2) is 8.42 Å². The van der Waals surface area contributed by atoms with Gasteiger partial charge >= 0.3 is 0 Å². The third-order valence-corrected chi connectivity index (χ3v) is 5.50. The lowest BCUT2D eigenvalue weighted by atomic mass is 10.1. The number of rotatable bonds is 4. The highest BCUT2D eigenvalue weighted by Gasteiger charge is 2.28. The first-order chi connectivity index (χ1) is 9.84. The Morgan fingerprint density at radius 3 is 2.48 bits per heavy atom. The van der Waals surface area contributed by atoms with E-state index in [9.17, 15) is 13.2 Å². The molecule has 1 aliphatic rings. The van der Waals surface area contributed by atoms with Gasteiger partial charge in [0.2, 0.25) is 0 Å². The summed E-state index contributed by atoms with van der Waals surface area (Å²) in [4.78, 5) is 14.3. The van der Waals surface area contributed by atoms with E-state index in [2.05, 4.69) is 0 Å². The minimum atomic E-state index is -3.88. The fourth-order valence-corrected chi connectivity index (χ4v) is 3.73. The van der Waals surface area contributed by atoms with Crippen molar-refractivity contribution < 1.29 is 13.2 Å². The first kappa shape index (κ1) is 16.6. The van der Waals surface area contributed by atoms with E-state index in [1.807, 2.05) is 6.92 Å². The van der Waals surface area contributed by atoms with Crippen molar-refractivity contribution in [2.45, 2.75) is 43.5 Å². The number of nitrogens with zero attached hydrogens (tertiary/aromatic N) is 1. The number of hydrogen-bond donors (Lipinski definition) is 0. The smallest absolute Gasteiger partial charge is 0.261 e. The first-order valence-electron chi connectivity index (χ1n) is 6.89. The van der Waals surface area contributed by atoms with E-state index < -0.39 is 9.05 Å². The molecule has 0 unspecified atom stereocenters. The summed E-state index contributed by atoms with van der Waals surface area (Å²) in [6, 6.07) is 4.15. The Balaban J connectivity index is 2.37. The molecule has 1 amide bonds. The summed E-state index contributed by atoms with van der Waals surface area (Å²) in [5, 5.41) is 0.237. The minimum Gasteiger partial charge on any atom is -0.336 e. The van der Waals surface area contributed by atoms with Crippen LogP contribution in [0.2, 0.25) is 5.02 Å². The average Bonchev–Trinajstić information content (AvgIpc) is 2.92. The molecule has 1 aromatic carbocycles. The molecule has 7 heteroatoms. The van der Waals surface area contributed by atoms with Crippen LogP contribution in [0.25, 0.3) is 0 Å². The Hall–Kier alpha value is -0.780. The Labute approximate surface area is 134 Å². The van der Waals surface area contributed by atoms with Gasteiger partial charge in [0.15, 0.2) is 0 Å². The molecule has 0 aromatic heterocycles. The topological polar surface area (TPSA) is 54.5 Å². The SMILES string of the molecule is CCN(C(=O)c1cc(S(=O)(=O)Cl)ccc1Cl)C1CCCC1. The molecule has 0 spiro atoms. The summed E-state index contributed by atoms with van der Waals surface area (Å²) in [6.45, 7) is 2.48. The van der Waals surface area contributed by atoms with Gasteiger partial charge in [-0.15, -0.1) is 0 Å². The van der Waals surface area contributed by atoms with Crippen LogP contribution in [0.3, 0.4) is 0 Å². The van der Waals surface area contributed by atoms with Gasteiger partial charge in [0, 0.05) is 23.3 Å². The standard InChI is InChI=1S/C14H17Cl2NO3S/c1-2-17(10-5-3-4-6-10)14(18)12-9-11(21(16,19)20)7-8-13(12)15/h7-10H,2-6H2,1H3. The molecule has 0 saturated heterocycles. The van der Waals surface area contributed by atoms with Crippen LogP contribution in [0.4, 0.5) is 0 Å². The maximum atomic E-state index is 12.7. The van der Waals surface area contributed by atoms with E-state index in [1.165, 1.54) is 18.2 Å². The van der Waals surface area contributed by atoms with Gasteiger partial charge < -0.3 is 4.90 Å². The quantitative estimate of drug-likeness (QED) is 0.779. The summed E-state index contributed by atoms with van der Waals surface area (Å²) in [5.41, 5.74) is 0.187. The van der Waals surface area contributed by atoms with Crippen LogP contribution in [0.15, 0.2) is 23.1 Å². The van der Waals surface area contributed by atoms with E-state index in [4.69, 9.17) is 22.3 Å². The highest BCUT2D eigenvalue weighted by atomic mass is 35.7. The number of hydrogen-bond acceptors (Lipinski definition) is 3. The zero-order valence-electron chi connectivity index (χ0n) is 11.7. The van der Waals surface area contributed by atoms with Crippen molar-refractivity contribution in [1.29, 1.82) is 0 Å². The molecule has 1 fully saturated rings. The molecule has 116 valence electrons. The third-order valence-electron chi connectivity index (χ3n) is 3.82. The second kappa shape index (κ2) is 6.55. The molecule has 0 radical (unpaired) electrons. The maximum Gasteiger partial charge on any atom is 0.261 e. The van der Waals surface area contributed by atoms with Crippen LogP contribution >= 0.6 is 22.3 Å².